The first kappa shape index (κ1) is 19.5. The SMILES string of the molecule is c1ccc2c(c1)ccc1[nH]c3c(-c4ccc(-c5cccc6c5oc5ccccc56)cc4)cccc3c12. The zero-order chi connectivity index (χ0) is 23.6. The van der Waals surface area contributed by atoms with Crippen LogP contribution in [0.2, 0.25) is 0 Å². The van der Waals surface area contributed by atoms with E-state index in [0.717, 1.165) is 33.1 Å². The Morgan fingerprint density at radius 3 is 2.00 bits per heavy atom. The summed E-state index contributed by atoms with van der Waals surface area (Å²) in [5, 5.41) is 7.41. The second kappa shape index (κ2) is 7.34. The van der Waals surface area contributed by atoms with E-state index >= 15 is 0 Å². The molecule has 1 N–H and O–H groups in total. The average Bonchev–Trinajstić information content (AvgIpc) is 3.52. The Morgan fingerprint density at radius 2 is 1.14 bits per heavy atom. The van der Waals surface area contributed by atoms with E-state index in [9.17, 15) is 0 Å². The van der Waals surface area contributed by atoms with Crippen LogP contribution in [0.3, 0.4) is 0 Å². The smallest absolute Gasteiger partial charge is 0.143 e. The molecule has 0 aliphatic heterocycles. The molecule has 0 saturated heterocycles. The van der Waals surface area contributed by atoms with Crippen LogP contribution in [0.25, 0.3) is 76.8 Å². The van der Waals surface area contributed by atoms with Gasteiger partial charge in [0.1, 0.15) is 11.2 Å². The molecule has 0 fully saturated rings. The highest BCUT2D eigenvalue weighted by Crippen LogP contribution is 2.39. The predicted molar refractivity (Wildman–Crippen MR) is 151 cm³/mol. The molecule has 0 bridgehead atoms. The largest absolute Gasteiger partial charge is 0.455 e. The fourth-order valence-electron chi connectivity index (χ4n) is 5.74. The molecule has 2 nitrogen and oxygen atoms in total. The van der Waals surface area contributed by atoms with Gasteiger partial charge in [0.15, 0.2) is 0 Å². The summed E-state index contributed by atoms with van der Waals surface area (Å²) in [6.45, 7) is 0. The van der Waals surface area contributed by atoms with Crippen molar-refractivity contribution >= 4 is 54.5 Å². The van der Waals surface area contributed by atoms with Crippen molar-refractivity contribution in [3.05, 3.63) is 121 Å². The number of benzene rings is 6. The number of furan rings is 1. The van der Waals surface area contributed by atoms with Gasteiger partial charge >= 0.3 is 0 Å². The molecule has 0 saturated carbocycles. The molecule has 0 aliphatic carbocycles. The summed E-state index contributed by atoms with van der Waals surface area (Å²) in [5.41, 5.74) is 8.88. The number of aromatic amines is 1. The normalized spacial score (nSPS) is 11.9. The van der Waals surface area contributed by atoms with E-state index in [2.05, 4.69) is 114 Å². The van der Waals surface area contributed by atoms with E-state index in [1.807, 2.05) is 12.1 Å². The third kappa shape index (κ3) is 2.73. The molecule has 168 valence electrons. The topological polar surface area (TPSA) is 28.9 Å². The third-order valence-electron chi connectivity index (χ3n) is 7.43. The maximum atomic E-state index is 6.27. The van der Waals surface area contributed by atoms with E-state index in [-0.39, 0.29) is 0 Å². The highest BCUT2D eigenvalue weighted by atomic mass is 16.3. The molecular weight excluding hydrogens is 438 g/mol. The summed E-state index contributed by atoms with van der Waals surface area (Å²) in [5.74, 6) is 0. The Balaban J connectivity index is 1.29. The van der Waals surface area contributed by atoms with Crippen LogP contribution in [-0.4, -0.2) is 4.98 Å². The lowest BCUT2D eigenvalue weighted by Crippen LogP contribution is -1.83. The van der Waals surface area contributed by atoms with Crippen molar-refractivity contribution in [1.82, 2.24) is 4.98 Å². The first-order chi connectivity index (χ1) is 17.8. The van der Waals surface area contributed by atoms with E-state index in [1.165, 1.54) is 43.7 Å². The fourth-order valence-corrected chi connectivity index (χ4v) is 5.74. The van der Waals surface area contributed by atoms with Gasteiger partial charge in [-0.2, -0.15) is 0 Å². The minimum absolute atomic E-state index is 0.926. The van der Waals surface area contributed by atoms with Crippen molar-refractivity contribution in [3.8, 4) is 22.3 Å². The number of hydrogen-bond donors (Lipinski definition) is 1. The number of nitrogens with one attached hydrogen (secondary N) is 1. The average molecular weight is 460 g/mol. The van der Waals surface area contributed by atoms with Gasteiger partial charge in [0.2, 0.25) is 0 Å². The summed E-state index contributed by atoms with van der Waals surface area (Å²) in [6.07, 6.45) is 0. The van der Waals surface area contributed by atoms with Gasteiger partial charge in [0.05, 0.1) is 5.52 Å². The standard InChI is InChI=1S/C34H21NO/c1-2-8-24-21(7-1)19-20-30-32(24)29-13-5-10-25(33(29)35-30)22-15-17-23(18-16-22)26-11-6-12-28-27-9-3-4-14-31(27)36-34(26)28/h1-20,35H. The van der Waals surface area contributed by atoms with Crippen molar-refractivity contribution in [2.24, 2.45) is 0 Å². The minimum atomic E-state index is 0.926. The van der Waals surface area contributed by atoms with Gasteiger partial charge in [-0.1, -0.05) is 109 Å². The number of aromatic nitrogens is 1. The molecule has 36 heavy (non-hydrogen) atoms. The van der Waals surface area contributed by atoms with E-state index in [0.29, 0.717) is 0 Å². The van der Waals surface area contributed by atoms with Crippen LogP contribution in [0.15, 0.2) is 126 Å². The Hall–Kier alpha value is -4.82. The van der Waals surface area contributed by atoms with Gasteiger partial charge in [0.25, 0.3) is 0 Å². The monoisotopic (exact) mass is 459 g/mol. The van der Waals surface area contributed by atoms with Crippen LogP contribution in [0, 0.1) is 0 Å². The van der Waals surface area contributed by atoms with Crippen LogP contribution in [0.4, 0.5) is 0 Å². The quantitative estimate of drug-likeness (QED) is 0.274. The van der Waals surface area contributed by atoms with Crippen molar-refractivity contribution in [2.75, 3.05) is 0 Å². The molecule has 8 rings (SSSR count). The van der Waals surface area contributed by atoms with Crippen LogP contribution in [0.1, 0.15) is 0 Å². The van der Waals surface area contributed by atoms with Crippen molar-refractivity contribution in [1.29, 1.82) is 0 Å². The molecule has 0 radical (unpaired) electrons. The lowest BCUT2D eigenvalue weighted by Gasteiger charge is -2.07. The molecule has 0 amide bonds. The van der Waals surface area contributed by atoms with Gasteiger partial charge in [-0.3, -0.25) is 0 Å². The molecule has 8 aromatic rings. The predicted octanol–water partition coefficient (Wildman–Crippen LogP) is 9.71. The number of para-hydroxylation sites is 3. The second-order valence-electron chi connectivity index (χ2n) is 9.42. The summed E-state index contributed by atoms with van der Waals surface area (Å²) >= 11 is 0. The van der Waals surface area contributed by atoms with Crippen LogP contribution < -0.4 is 0 Å². The zero-order valence-electron chi connectivity index (χ0n) is 19.5. The summed E-state index contributed by atoms with van der Waals surface area (Å²) < 4.78 is 6.27. The highest BCUT2D eigenvalue weighted by molar-refractivity contribution is 6.22. The van der Waals surface area contributed by atoms with Crippen molar-refractivity contribution in [2.45, 2.75) is 0 Å². The zero-order valence-corrected chi connectivity index (χ0v) is 19.5. The van der Waals surface area contributed by atoms with Gasteiger partial charge in [-0.25, -0.2) is 0 Å². The van der Waals surface area contributed by atoms with Gasteiger partial charge in [-0.05, 0) is 34.0 Å². The van der Waals surface area contributed by atoms with Crippen LogP contribution >= 0.6 is 0 Å². The Morgan fingerprint density at radius 1 is 0.472 bits per heavy atom. The molecule has 2 heterocycles. The number of fused-ring (bicyclic) bond motifs is 8. The van der Waals surface area contributed by atoms with Gasteiger partial charge in [0, 0.05) is 38.2 Å². The lowest BCUT2D eigenvalue weighted by molar-refractivity contribution is 0.670. The summed E-state index contributed by atoms with van der Waals surface area (Å²) in [4.78, 5) is 3.71. The molecule has 0 atom stereocenters. The van der Waals surface area contributed by atoms with Crippen LogP contribution in [-0.2, 0) is 0 Å². The summed E-state index contributed by atoms with van der Waals surface area (Å²) in [7, 11) is 0. The highest BCUT2D eigenvalue weighted by Gasteiger charge is 2.14. The fraction of sp³-hybridized carbons (Fsp3) is 0. The Kier molecular flexibility index (Phi) is 3.97. The second-order valence-corrected chi connectivity index (χ2v) is 9.42. The molecule has 0 aliphatic rings. The maximum Gasteiger partial charge on any atom is 0.143 e. The number of hydrogen-bond acceptors (Lipinski definition) is 1. The molecule has 0 unspecified atom stereocenters. The third-order valence-corrected chi connectivity index (χ3v) is 7.43. The van der Waals surface area contributed by atoms with Crippen LogP contribution in [0.5, 0.6) is 0 Å². The Bertz CT molecular complexity index is 2090. The maximum absolute atomic E-state index is 6.27. The number of H-pyrrole nitrogens is 1. The number of rotatable bonds is 2. The first-order valence-corrected chi connectivity index (χ1v) is 12.3. The van der Waals surface area contributed by atoms with E-state index in [4.69, 9.17) is 4.42 Å². The molecule has 2 heteroatoms. The molecular formula is C34H21NO. The molecule has 6 aromatic carbocycles. The molecule has 0 spiro atoms. The van der Waals surface area contributed by atoms with Gasteiger partial charge in [-0.15, -0.1) is 0 Å². The molecule has 2 aromatic heterocycles. The lowest BCUT2D eigenvalue weighted by atomic mass is 9.97. The summed E-state index contributed by atoms with van der Waals surface area (Å²) in [6, 6.07) is 43.1. The first-order valence-electron chi connectivity index (χ1n) is 12.3. The van der Waals surface area contributed by atoms with Crippen molar-refractivity contribution in [3.63, 3.8) is 0 Å². The van der Waals surface area contributed by atoms with Gasteiger partial charge < -0.3 is 9.40 Å². The Labute approximate surface area is 207 Å². The van der Waals surface area contributed by atoms with Crippen molar-refractivity contribution < 1.29 is 4.42 Å². The van der Waals surface area contributed by atoms with E-state index < -0.39 is 0 Å². The van der Waals surface area contributed by atoms with E-state index in [1.54, 1.807) is 0 Å². The minimum Gasteiger partial charge on any atom is -0.455 e.